The van der Waals surface area contributed by atoms with Crippen molar-refractivity contribution >= 4 is 23.1 Å². The lowest BCUT2D eigenvalue weighted by Gasteiger charge is -2.14. The van der Waals surface area contributed by atoms with Crippen LogP contribution < -0.4 is 0 Å². The second kappa shape index (κ2) is 7.84. The molecule has 0 fully saturated rings. The third kappa shape index (κ3) is 4.24. The van der Waals surface area contributed by atoms with Crippen molar-refractivity contribution in [2.45, 2.75) is 25.7 Å². The molecule has 0 bridgehead atoms. The number of ether oxygens (including phenoxy) is 1. The van der Waals surface area contributed by atoms with E-state index in [0.717, 1.165) is 5.56 Å². The highest BCUT2D eigenvalue weighted by atomic mass is 32.1. The van der Waals surface area contributed by atoms with Crippen molar-refractivity contribution in [3.63, 3.8) is 0 Å². The van der Waals surface area contributed by atoms with Gasteiger partial charge in [-0.1, -0.05) is 0 Å². The van der Waals surface area contributed by atoms with Gasteiger partial charge in [0.15, 0.2) is 5.78 Å². The first kappa shape index (κ1) is 16.4. The van der Waals surface area contributed by atoms with Gasteiger partial charge in [0.2, 0.25) is 0 Å². The molecule has 1 aromatic heterocycles. The van der Waals surface area contributed by atoms with E-state index in [0.29, 0.717) is 18.6 Å². The molecular weight excluding hydrogens is 303 g/mol. The zero-order chi connectivity index (χ0) is 15.9. The van der Waals surface area contributed by atoms with Gasteiger partial charge in [0.1, 0.15) is 5.82 Å². The van der Waals surface area contributed by atoms with Gasteiger partial charge in [-0.3, -0.25) is 9.59 Å². The van der Waals surface area contributed by atoms with Gasteiger partial charge in [-0.15, -0.1) is 0 Å². The van der Waals surface area contributed by atoms with Crippen LogP contribution in [-0.2, 0) is 9.53 Å². The molecule has 0 saturated carbocycles. The van der Waals surface area contributed by atoms with E-state index < -0.39 is 5.92 Å². The Bertz CT molecular complexity index is 620. The number of Topliss-reactive ketones (excluding diaryl/α,β-unsaturated/α-hetero) is 1. The summed E-state index contributed by atoms with van der Waals surface area (Å²) in [6.45, 7) is 2.08. The van der Waals surface area contributed by atoms with Crippen molar-refractivity contribution in [2.75, 3.05) is 6.61 Å². The van der Waals surface area contributed by atoms with Gasteiger partial charge < -0.3 is 4.74 Å². The molecule has 0 saturated heterocycles. The molecule has 1 aromatic carbocycles. The summed E-state index contributed by atoms with van der Waals surface area (Å²) >= 11 is 1.50. The van der Waals surface area contributed by atoms with Gasteiger partial charge in [-0.25, -0.2) is 4.39 Å². The van der Waals surface area contributed by atoms with Crippen molar-refractivity contribution in [3.05, 3.63) is 58.0 Å². The minimum absolute atomic E-state index is 0.109. The first-order chi connectivity index (χ1) is 10.6. The maximum Gasteiger partial charge on any atom is 0.305 e. The molecule has 0 spiro atoms. The lowest BCUT2D eigenvalue weighted by atomic mass is 9.88. The topological polar surface area (TPSA) is 43.4 Å². The molecule has 1 atom stereocenters. The molecule has 2 rings (SSSR count). The van der Waals surface area contributed by atoms with Crippen LogP contribution in [0, 0.1) is 5.82 Å². The molecule has 116 valence electrons. The maximum absolute atomic E-state index is 13.0. The quantitative estimate of drug-likeness (QED) is 0.567. The Morgan fingerprint density at radius 2 is 1.95 bits per heavy atom. The minimum Gasteiger partial charge on any atom is -0.466 e. The number of rotatable bonds is 7. The van der Waals surface area contributed by atoms with Crippen molar-refractivity contribution in [2.24, 2.45) is 0 Å². The second-order valence-corrected chi connectivity index (χ2v) is 5.60. The van der Waals surface area contributed by atoms with Crippen LogP contribution in [0.5, 0.6) is 0 Å². The minimum atomic E-state index is -0.416. The number of hydrogen-bond acceptors (Lipinski definition) is 4. The van der Waals surface area contributed by atoms with E-state index in [2.05, 4.69) is 0 Å². The summed E-state index contributed by atoms with van der Waals surface area (Å²) in [6.07, 6.45) is 0.563. The molecule has 0 amide bonds. The highest BCUT2D eigenvalue weighted by Gasteiger charge is 2.23. The van der Waals surface area contributed by atoms with Crippen LogP contribution in [-0.4, -0.2) is 18.4 Å². The van der Waals surface area contributed by atoms with Gasteiger partial charge in [0.25, 0.3) is 0 Å². The predicted octanol–water partition coefficient (Wildman–Crippen LogP) is 4.20. The average molecular weight is 320 g/mol. The van der Waals surface area contributed by atoms with Gasteiger partial charge >= 0.3 is 5.97 Å². The molecule has 0 aliphatic carbocycles. The van der Waals surface area contributed by atoms with Crippen molar-refractivity contribution < 1.29 is 18.7 Å². The number of carbonyl (C=O) groups is 2. The van der Waals surface area contributed by atoms with Crippen molar-refractivity contribution in [1.29, 1.82) is 0 Å². The monoisotopic (exact) mass is 320 g/mol. The van der Waals surface area contributed by atoms with E-state index >= 15 is 0 Å². The fraction of sp³-hybridized carbons (Fsp3) is 0.294. The summed E-state index contributed by atoms with van der Waals surface area (Å²) in [5, 5.41) is 3.79. The Hall–Kier alpha value is -2.01. The fourth-order valence-corrected chi connectivity index (χ4v) is 2.95. The molecule has 0 N–H and O–H groups in total. The average Bonchev–Trinajstić information content (AvgIpc) is 3.02. The molecule has 22 heavy (non-hydrogen) atoms. The standard InChI is InChI=1S/C17H17FO3S/c1-2-21-16(19)8-7-15(13-9-10-22-11-13)17(20)12-3-5-14(18)6-4-12/h3-6,9-11,15H,2,7-8H2,1H3. The highest BCUT2D eigenvalue weighted by Crippen LogP contribution is 2.28. The highest BCUT2D eigenvalue weighted by molar-refractivity contribution is 7.08. The predicted molar refractivity (Wildman–Crippen MR) is 83.7 cm³/mol. The molecule has 5 heteroatoms. The number of carbonyl (C=O) groups excluding carboxylic acids is 2. The van der Waals surface area contributed by atoms with Crippen LogP contribution in [0.15, 0.2) is 41.1 Å². The smallest absolute Gasteiger partial charge is 0.305 e. The number of hydrogen-bond donors (Lipinski definition) is 0. The normalized spacial score (nSPS) is 11.9. The first-order valence-electron chi connectivity index (χ1n) is 7.09. The van der Waals surface area contributed by atoms with Crippen molar-refractivity contribution in [1.82, 2.24) is 0 Å². The summed E-state index contributed by atoms with van der Waals surface area (Å²) in [5.41, 5.74) is 1.32. The molecular formula is C17H17FO3S. The van der Waals surface area contributed by atoms with E-state index in [9.17, 15) is 14.0 Å². The van der Waals surface area contributed by atoms with Gasteiger partial charge in [-0.05, 0) is 60.0 Å². The van der Waals surface area contributed by atoms with E-state index in [-0.39, 0.29) is 24.0 Å². The molecule has 0 aliphatic rings. The van der Waals surface area contributed by atoms with Crippen LogP contribution in [0.25, 0.3) is 0 Å². The number of benzene rings is 1. The SMILES string of the molecule is CCOC(=O)CCC(C(=O)c1ccc(F)cc1)c1ccsc1. The number of thiophene rings is 1. The van der Waals surface area contributed by atoms with E-state index in [1.807, 2.05) is 16.8 Å². The fourth-order valence-electron chi connectivity index (χ4n) is 2.23. The third-order valence-electron chi connectivity index (χ3n) is 3.33. The van der Waals surface area contributed by atoms with Gasteiger partial charge in [0.05, 0.1) is 6.61 Å². The second-order valence-electron chi connectivity index (χ2n) is 4.82. The number of ketones is 1. The molecule has 0 radical (unpaired) electrons. The Morgan fingerprint density at radius 1 is 1.23 bits per heavy atom. The summed E-state index contributed by atoms with van der Waals surface area (Å²) in [6, 6.07) is 7.36. The molecule has 1 unspecified atom stereocenters. The Balaban J connectivity index is 2.15. The first-order valence-corrected chi connectivity index (χ1v) is 8.03. The maximum atomic E-state index is 13.0. The van der Waals surface area contributed by atoms with Crippen LogP contribution in [0.3, 0.4) is 0 Å². The largest absolute Gasteiger partial charge is 0.466 e. The van der Waals surface area contributed by atoms with Crippen LogP contribution in [0.1, 0.15) is 41.6 Å². The van der Waals surface area contributed by atoms with Crippen LogP contribution in [0.2, 0.25) is 0 Å². The molecule has 1 heterocycles. The Morgan fingerprint density at radius 3 is 2.55 bits per heavy atom. The summed E-state index contributed by atoms with van der Waals surface area (Å²) in [5.74, 6) is -1.21. The number of halogens is 1. The third-order valence-corrected chi connectivity index (χ3v) is 4.03. The zero-order valence-corrected chi connectivity index (χ0v) is 13.1. The Kier molecular flexibility index (Phi) is 5.83. The van der Waals surface area contributed by atoms with E-state index in [1.165, 1.54) is 35.6 Å². The van der Waals surface area contributed by atoms with Crippen molar-refractivity contribution in [3.8, 4) is 0 Å². The van der Waals surface area contributed by atoms with Crippen LogP contribution in [0.4, 0.5) is 4.39 Å². The lowest BCUT2D eigenvalue weighted by molar-refractivity contribution is -0.143. The van der Waals surface area contributed by atoms with Crippen LogP contribution >= 0.6 is 11.3 Å². The summed E-state index contributed by atoms with van der Waals surface area (Å²) in [4.78, 5) is 24.2. The molecule has 2 aromatic rings. The van der Waals surface area contributed by atoms with E-state index in [4.69, 9.17) is 4.74 Å². The summed E-state index contributed by atoms with van der Waals surface area (Å²) in [7, 11) is 0. The molecule has 3 nitrogen and oxygen atoms in total. The van der Waals surface area contributed by atoms with Gasteiger partial charge in [-0.2, -0.15) is 11.3 Å². The zero-order valence-electron chi connectivity index (χ0n) is 12.3. The van der Waals surface area contributed by atoms with E-state index in [1.54, 1.807) is 6.92 Å². The summed E-state index contributed by atoms with van der Waals surface area (Å²) < 4.78 is 17.9. The Labute approximate surface area is 132 Å². The van der Waals surface area contributed by atoms with Gasteiger partial charge in [0, 0.05) is 17.9 Å². The number of esters is 1. The lowest BCUT2D eigenvalue weighted by Crippen LogP contribution is -2.15. The molecule has 0 aliphatic heterocycles.